The second kappa shape index (κ2) is 8.25. The number of benzene rings is 2. The van der Waals surface area contributed by atoms with Crippen molar-refractivity contribution >= 4 is 11.8 Å². The summed E-state index contributed by atoms with van der Waals surface area (Å²) in [5, 5.41) is 3.03. The van der Waals surface area contributed by atoms with Crippen molar-refractivity contribution in [3.05, 3.63) is 65.7 Å². The Hall–Kier alpha value is -2.82. The molecule has 2 aromatic carbocycles. The van der Waals surface area contributed by atoms with E-state index in [1.165, 1.54) is 0 Å². The van der Waals surface area contributed by atoms with Gasteiger partial charge in [-0.15, -0.1) is 0 Å². The molecule has 1 heterocycles. The van der Waals surface area contributed by atoms with Crippen LogP contribution in [0.15, 0.2) is 54.6 Å². The number of methoxy groups -OCH3 is 1. The average Bonchev–Trinajstić information content (AvgIpc) is 2.72. The summed E-state index contributed by atoms with van der Waals surface area (Å²) in [6.45, 7) is 3.54. The third kappa shape index (κ3) is 4.48. The number of nitrogens with zero attached hydrogens (tertiary/aromatic N) is 1. The van der Waals surface area contributed by atoms with Crippen LogP contribution in [0.2, 0.25) is 0 Å². The minimum absolute atomic E-state index is 0.00974. The molecule has 1 N–H and O–H groups in total. The Morgan fingerprint density at radius 3 is 2.48 bits per heavy atom. The van der Waals surface area contributed by atoms with Crippen molar-refractivity contribution in [1.82, 2.24) is 10.2 Å². The molecule has 1 saturated heterocycles. The first-order chi connectivity index (χ1) is 13.0. The molecule has 5 heteroatoms. The summed E-state index contributed by atoms with van der Waals surface area (Å²) >= 11 is 0. The molecule has 0 bridgehead atoms. The second-order valence-electron chi connectivity index (χ2n) is 7.29. The normalized spacial score (nSPS) is 19.4. The summed E-state index contributed by atoms with van der Waals surface area (Å²) in [6.07, 6.45) is 1.60. The number of amides is 2. The van der Waals surface area contributed by atoms with E-state index in [9.17, 15) is 9.59 Å². The molecule has 1 fully saturated rings. The molecule has 1 aliphatic rings. The monoisotopic (exact) mass is 366 g/mol. The number of piperidine rings is 1. The van der Waals surface area contributed by atoms with Crippen molar-refractivity contribution in [2.24, 2.45) is 5.41 Å². The van der Waals surface area contributed by atoms with Crippen LogP contribution in [-0.2, 0) is 11.3 Å². The summed E-state index contributed by atoms with van der Waals surface area (Å²) in [6, 6.07) is 16.9. The van der Waals surface area contributed by atoms with Gasteiger partial charge in [0, 0.05) is 25.2 Å². The quantitative estimate of drug-likeness (QED) is 0.884. The maximum Gasteiger partial charge on any atom is 0.253 e. The van der Waals surface area contributed by atoms with Gasteiger partial charge in [0.05, 0.1) is 12.5 Å². The number of likely N-dealkylation sites (tertiary alicyclic amines) is 1. The molecule has 1 unspecified atom stereocenters. The highest BCUT2D eigenvalue weighted by atomic mass is 16.5. The lowest BCUT2D eigenvalue weighted by Gasteiger charge is -2.39. The summed E-state index contributed by atoms with van der Waals surface area (Å²) in [7, 11) is 1.63. The van der Waals surface area contributed by atoms with Crippen molar-refractivity contribution in [1.29, 1.82) is 0 Å². The van der Waals surface area contributed by atoms with Gasteiger partial charge in [0.15, 0.2) is 0 Å². The highest BCUT2D eigenvalue weighted by Crippen LogP contribution is 2.30. The van der Waals surface area contributed by atoms with Gasteiger partial charge in [0.2, 0.25) is 5.91 Å². The third-order valence-electron chi connectivity index (χ3n) is 5.16. The van der Waals surface area contributed by atoms with Crippen LogP contribution < -0.4 is 10.1 Å². The maximum atomic E-state index is 12.8. The molecule has 2 amide bonds. The van der Waals surface area contributed by atoms with E-state index in [0.717, 1.165) is 24.2 Å². The van der Waals surface area contributed by atoms with Crippen LogP contribution in [0.1, 0.15) is 35.7 Å². The van der Waals surface area contributed by atoms with Gasteiger partial charge in [-0.25, -0.2) is 0 Å². The van der Waals surface area contributed by atoms with E-state index in [1.807, 2.05) is 61.5 Å². The molecular formula is C22H26N2O3. The van der Waals surface area contributed by atoms with Crippen LogP contribution in [-0.4, -0.2) is 36.9 Å². The van der Waals surface area contributed by atoms with Crippen LogP contribution in [0.4, 0.5) is 0 Å². The molecule has 0 saturated carbocycles. The first-order valence-corrected chi connectivity index (χ1v) is 9.27. The minimum atomic E-state index is -0.574. The average molecular weight is 366 g/mol. The fraction of sp³-hybridized carbons (Fsp3) is 0.364. The highest BCUT2D eigenvalue weighted by Gasteiger charge is 2.39. The van der Waals surface area contributed by atoms with Crippen molar-refractivity contribution in [3.8, 4) is 5.75 Å². The Balaban J connectivity index is 1.62. The van der Waals surface area contributed by atoms with Crippen molar-refractivity contribution < 1.29 is 14.3 Å². The van der Waals surface area contributed by atoms with E-state index in [0.29, 0.717) is 25.2 Å². The van der Waals surface area contributed by atoms with E-state index in [-0.39, 0.29) is 11.8 Å². The second-order valence-corrected chi connectivity index (χ2v) is 7.29. The Labute approximate surface area is 160 Å². The molecule has 142 valence electrons. The van der Waals surface area contributed by atoms with Crippen LogP contribution in [0, 0.1) is 5.41 Å². The van der Waals surface area contributed by atoms with Gasteiger partial charge < -0.3 is 15.0 Å². The predicted molar refractivity (Wildman–Crippen MR) is 105 cm³/mol. The molecule has 2 aromatic rings. The zero-order valence-electron chi connectivity index (χ0n) is 15.9. The zero-order chi connectivity index (χ0) is 19.3. The van der Waals surface area contributed by atoms with E-state index in [2.05, 4.69) is 5.32 Å². The van der Waals surface area contributed by atoms with Crippen LogP contribution in [0.25, 0.3) is 0 Å². The largest absolute Gasteiger partial charge is 0.497 e. The molecule has 3 rings (SSSR count). The number of rotatable bonds is 5. The molecule has 5 nitrogen and oxygen atoms in total. The summed E-state index contributed by atoms with van der Waals surface area (Å²) in [4.78, 5) is 27.4. The maximum absolute atomic E-state index is 12.8. The topological polar surface area (TPSA) is 58.6 Å². The number of nitrogens with one attached hydrogen (secondary N) is 1. The lowest BCUT2D eigenvalue weighted by Crippen LogP contribution is -2.51. The fourth-order valence-corrected chi connectivity index (χ4v) is 3.50. The SMILES string of the molecule is COc1ccc(CNC(=O)C2(C)CCCN(C(=O)c3ccccc3)C2)cc1. The molecule has 1 atom stereocenters. The fourth-order valence-electron chi connectivity index (χ4n) is 3.50. The van der Waals surface area contributed by atoms with Crippen LogP contribution in [0.5, 0.6) is 5.75 Å². The van der Waals surface area contributed by atoms with E-state index < -0.39 is 5.41 Å². The van der Waals surface area contributed by atoms with Crippen molar-refractivity contribution in [2.75, 3.05) is 20.2 Å². The molecular weight excluding hydrogens is 340 g/mol. The van der Waals surface area contributed by atoms with Gasteiger partial charge >= 0.3 is 0 Å². The molecule has 0 spiro atoms. The van der Waals surface area contributed by atoms with Gasteiger partial charge in [-0.2, -0.15) is 0 Å². The van der Waals surface area contributed by atoms with E-state index >= 15 is 0 Å². The standard InChI is InChI=1S/C22H26N2O3/c1-22(21(26)23-15-17-9-11-19(27-2)12-10-17)13-6-14-24(16-22)20(25)18-7-4-3-5-8-18/h3-5,7-12H,6,13-16H2,1-2H3,(H,23,26). The molecule has 1 aliphatic heterocycles. The molecule has 0 aliphatic carbocycles. The lowest BCUT2D eigenvalue weighted by atomic mass is 9.80. The van der Waals surface area contributed by atoms with Crippen LogP contribution in [0.3, 0.4) is 0 Å². The molecule has 0 radical (unpaired) electrons. The first kappa shape index (κ1) is 19.0. The van der Waals surface area contributed by atoms with E-state index in [4.69, 9.17) is 4.74 Å². The van der Waals surface area contributed by atoms with Gasteiger partial charge in [0.1, 0.15) is 5.75 Å². The van der Waals surface area contributed by atoms with Gasteiger partial charge in [-0.05, 0) is 49.6 Å². The Bertz CT molecular complexity index is 789. The molecule has 27 heavy (non-hydrogen) atoms. The summed E-state index contributed by atoms with van der Waals surface area (Å²) in [5.74, 6) is 0.771. The first-order valence-electron chi connectivity index (χ1n) is 9.27. The summed E-state index contributed by atoms with van der Waals surface area (Å²) < 4.78 is 5.15. The number of carbonyl (C=O) groups is 2. The number of ether oxygens (including phenoxy) is 1. The molecule has 0 aromatic heterocycles. The number of hydrogen-bond donors (Lipinski definition) is 1. The number of carbonyl (C=O) groups excluding carboxylic acids is 2. The van der Waals surface area contributed by atoms with Gasteiger partial charge in [-0.3, -0.25) is 9.59 Å². The third-order valence-corrected chi connectivity index (χ3v) is 5.16. The summed E-state index contributed by atoms with van der Waals surface area (Å²) in [5.41, 5.74) is 1.11. The van der Waals surface area contributed by atoms with E-state index in [1.54, 1.807) is 12.0 Å². The van der Waals surface area contributed by atoms with Gasteiger partial charge in [0.25, 0.3) is 5.91 Å². The minimum Gasteiger partial charge on any atom is -0.497 e. The zero-order valence-corrected chi connectivity index (χ0v) is 15.9. The van der Waals surface area contributed by atoms with Gasteiger partial charge in [-0.1, -0.05) is 30.3 Å². The van der Waals surface area contributed by atoms with Crippen molar-refractivity contribution in [2.45, 2.75) is 26.3 Å². The highest BCUT2D eigenvalue weighted by molar-refractivity contribution is 5.95. The Kier molecular flexibility index (Phi) is 5.79. The number of hydrogen-bond acceptors (Lipinski definition) is 3. The van der Waals surface area contributed by atoms with Crippen LogP contribution >= 0.6 is 0 Å². The Morgan fingerprint density at radius 2 is 1.81 bits per heavy atom. The lowest BCUT2D eigenvalue weighted by molar-refractivity contribution is -0.132. The Morgan fingerprint density at radius 1 is 1.11 bits per heavy atom. The predicted octanol–water partition coefficient (Wildman–Crippen LogP) is 3.25. The van der Waals surface area contributed by atoms with Crippen molar-refractivity contribution in [3.63, 3.8) is 0 Å². The smallest absolute Gasteiger partial charge is 0.253 e.